The summed E-state index contributed by atoms with van der Waals surface area (Å²) in [5.74, 6) is 1.73. The molecule has 0 spiro atoms. The summed E-state index contributed by atoms with van der Waals surface area (Å²) in [5.41, 5.74) is 6.76. The molecule has 2 saturated carbocycles. The second-order valence-corrected chi connectivity index (χ2v) is 7.05. The average Bonchev–Trinajstić information content (AvgIpc) is 3.04. The normalized spacial score (nSPS) is 30.1. The van der Waals surface area contributed by atoms with Crippen LogP contribution >= 0.6 is 0 Å². The summed E-state index contributed by atoms with van der Waals surface area (Å²) in [7, 11) is 0. The topological polar surface area (TPSA) is 42.4 Å². The SMILES string of the molecule is CC1(C)CCC(CN(Cc2ccco2)C2CC2)C1N. The van der Waals surface area contributed by atoms with E-state index in [2.05, 4.69) is 24.8 Å². The molecule has 2 fully saturated rings. The van der Waals surface area contributed by atoms with Crippen LogP contribution in [0.5, 0.6) is 0 Å². The Balaban J connectivity index is 1.62. The zero-order valence-electron chi connectivity index (χ0n) is 12.1. The third kappa shape index (κ3) is 2.87. The summed E-state index contributed by atoms with van der Waals surface area (Å²) < 4.78 is 5.50. The van der Waals surface area contributed by atoms with Gasteiger partial charge in [0.05, 0.1) is 12.8 Å². The number of hydrogen-bond acceptors (Lipinski definition) is 3. The van der Waals surface area contributed by atoms with Gasteiger partial charge in [-0.05, 0) is 49.1 Å². The van der Waals surface area contributed by atoms with Crippen molar-refractivity contribution in [1.29, 1.82) is 0 Å². The maximum absolute atomic E-state index is 6.45. The van der Waals surface area contributed by atoms with E-state index in [1.807, 2.05) is 6.07 Å². The van der Waals surface area contributed by atoms with Gasteiger partial charge in [-0.1, -0.05) is 13.8 Å². The predicted octanol–water partition coefficient (Wildman–Crippen LogP) is 3.01. The molecule has 3 heteroatoms. The molecule has 1 aromatic rings. The predicted molar refractivity (Wildman–Crippen MR) is 76.6 cm³/mol. The van der Waals surface area contributed by atoms with Gasteiger partial charge in [0.25, 0.3) is 0 Å². The molecule has 2 aliphatic carbocycles. The number of nitrogens with two attached hydrogens (primary N) is 1. The molecule has 0 bridgehead atoms. The van der Waals surface area contributed by atoms with Crippen molar-refractivity contribution in [2.75, 3.05) is 6.54 Å². The summed E-state index contributed by atoms with van der Waals surface area (Å²) in [5, 5.41) is 0. The van der Waals surface area contributed by atoms with Gasteiger partial charge in [-0.25, -0.2) is 0 Å². The first-order valence-corrected chi connectivity index (χ1v) is 7.58. The molecule has 2 unspecified atom stereocenters. The molecule has 2 N–H and O–H groups in total. The van der Waals surface area contributed by atoms with Gasteiger partial charge in [0.2, 0.25) is 0 Å². The summed E-state index contributed by atoms with van der Waals surface area (Å²) in [4.78, 5) is 2.59. The number of furan rings is 1. The van der Waals surface area contributed by atoms with E-state index >= 15 is 0 Å². The minimum Gasteiger partial charge on any atom is -0.468 e. The molecule has 19 heavy (non-hydrogen) atoms. The second-order valence-electron chi connectivity index (χ2n) is 7.05. The number of nitrogens with zero attached hydrogens (tertiary/aromatic N) is 1. The number of rotatable bonds is 5. The Hall–Kier alpha value is -0.800. The molecule has 1 heterocycles. The third-order valence-electron chi connectivity index (χ3n) is 5.04. The molecular formula is C16H26N2O. The Kier molecular flexibility index (Phi) is 3.44. The van der Waals surface area contributed by atoms with E-state index in [9.17, 15) is 0 Å². The van der Waals surface area contributed by atoms with E-state index in [-0.39, 0.29) is 0 Å². The highest BCUT2D eigenvalue weighted by Crippen LogP contribution is 2.41. The monoisotopic (exact) mass is 262 g/mol. The van der Waals surface area contributed by atoms with Crippen LogP contribution in [0.25, 0.3) is 0 Å². The van der Waals surface area contributed by atoms with Gasteiger partial charge in [0.15, 0.2) is 0 Å². The molecule has 3 rings (SSSR count). The molecule has 0 aliphatic heterocycles. The molecule has 2 aliphatic rings. The van der Waals surface area contributed by atoms with Crippen molar-refractivity contribution in [2.45, 2.75) is 58.2 Å². The zero-order chi connectivity index (χ0) is 13.5. The Morgan fingerprint density at radius 1 is 1.37 bits per heavy atom. The second kappa shape index (κ2) is 4.95. The van der Waals surface area contributed by atoms with Crippen molar-refractivity contribution in [1.82, 2.24) is 4.90 Å². The van der Waals surface area contributed by atoms with Crippen molar-refractivity contribution < 1.29 is 4.42 Å². The van der Waals surface area contributed by atoms with Crippen LogP contribution in [0.1, 0.15) is 45.3 Å². The lowest BCUT2D eigenvalue weighted by molar-refractivity contribution is 0.179. The molecular weight excluding hydrogens is 236 g/mol. The summed E-state index contributed by atoms with van der Waals surface area (Å²) in [6, 6.07) is 5.16. The van der Waals surface area contributed by atoms with Crippen LogP contribution < -0.4 is 5.73 Å². The largest absolute Gasteiger partial charge is 0.468 e. The molecule has 0 saturated heterocycles. The molecule has 0 amide bonds. The van der Waals surface area contributed by atoms with Gasteiger partial charge in [0.1, 0.15) is 5.76 Å². The van der Waals surface area contributed by atoms with Gasteiger partial charge in [-0.15, -0.1) is 0 Å². The lowest BCUT2D eigenvalue weighted by atomic mass is 9.85. The Labute approximate surface area is 116 Å². The maximum atomic E-state index is 6.45. The fourth-order valence-electron chi connectivity index (χ4n) is 3.43. The van der Waals surface area contributed by atoms with Crippen LogP contribution in [-0.4, -0.2) is 23.5 Å². The molecule has 2 atom stereocenters. The van der Waals surface area contributed by atoms with Crippen molar-refractivity contribution >= 4 is 0 Å². The van der Waals surface area contributed by atoms with Crippen LogP contribution in [-0.2, 0) is 6.54 Å². The highest BCUT2D eigenvalue weighted by molar-refractivity contribution is 5.01. The van der Waals surface area contributed by atoms with Crippen LogP contribution in [0, 0.1) is 11.3 Å². The fraction of sp³-hybridized carbons (Fsp3) is 0.750. The molecule has 0 aromatic carbocycles. The van der Waals surface area contributed by atoms with Crippen LogP contribution in [0.2, 0.25) is 0 Å². The van der Waals surface area contributed by atoms with Gasteiger partial charge < -0.3 is 10.2 Å². The smallest absolute Gasteiger partial charge is 0.117 e. The zero-order valence-corrected chi connectivity index (χ0v) is 12.1. The molecule has 3 nitrogen and oxygen atoms in total. The van der Waals surface area contributed by atoms with Gasteiger partial charge in [-0.2, -0.15) is 0 Å². The summed E-state index contributed by atoms with van der Waals surface area (Å²) in [6.45, 7) is 6.70. The lowest BCUT2D eigenvalue weighted by Crippen LogP contribution is -2.42. The van der Waals surface area contributed by atoms with E-state index in [0.29, 0.717) is 17.4 Å². The van der Waals surface area contributed by atoms with Crippen LogP contribution in [0.3, 0.4) is 0 Å². The standard InChI is InChI=1S/C16H26N2O/c1-16(2)8-7-12(15(16)17)10-18(13-5-6-13)11-14-4-3-9-19-14/h3-4,9,12-13,15H,5-8,10-11,17H2,1-2H3. The first-order valence-electron chi connectivity index (χ1n) is 7.58. The third-order valence-corrected chi connectivity index (χ3v) is 5.04. The first-order chi connectivity index (χ1) is 9.06. The van der Waals surface area contributed by atoms with Gasteiger partial charge in [0, 0.05) is 18.6 Å². The quantitative estimate of drug-likeness (QED) is 0.887. The minimum absolute atomic E-state index is 0.310. The van der Waals surface area contributed by atoms with E-state index in [0.717, 1.165) is 24.9 Å². The van der Waals surface area contributed by atoms with Gasteiger partial charge >= 0.3 is 0 Å². The maximum Gasteiger partial charge on any atom is 0.117 e. The highest BCUT2D eigenvalue weighted by atomic mass is 16.3. The Morgan fingerprint density at radius 2 is 2.16 bits per heavy atom. The fourth-order valence-corrected chi connectivity index (χ4v) is 3.43. The molecule has 1 aromatic heterocycles. The number of hydrogen-bond donors (Lipinski definition) is 1. The Morgan fingerprint density at radius 3 is 2.68 bits per heavy atom. The Bertz CT molecular complexity index is 408. The summed E-state index contributed by atoms with van der Waals surface area (Å²) in [6.07, 6.45) is 6.98. The minimum atomic E-state index is 0.310. The highest BCUT2D eigenvalue weighted by Gasteiger charge is 2.41. The van der Waals surface area contributed by atoms with Crippen molar-refractivity contribution in [3.63, 3.8) is 0 Å². The molecule has 106 valence electrons. The van der Waals surface area contributed by atoms with Crippen molar-refractivity contribution in [3.8, 4) is 0 Å². The molecule has 0 radical (unpaired) electrons. The first kappa shape index (κ1) is 13.2. The van der Waals surface area contributed by atoms with Crippen molar-refractivity contribution in [3.05, 3.63) is 24.2 Å². The van der Waals surface area contributed by atoms with E-state index < -0.39 is 0 Å². The van der Waals surface area contributed by atoms with Crippen molar-refractivity contribution in [2.24, 2.45) is 17.1 Å². The summed E-state index contributed by atoms with van der Waals surface area (Å²) >= 11 is 0. The van der Waals surface area contributed by atoms with E-state index in [1.165, 1.54) is 25.7 Å². The van der Waals surface area contributed by atoms with E-state index in [4.69, 9.17) is 10.2 Å². The average molecular weight is 262 g/mol. The van der Waals surface area contributed by atoms with Crippen LogP contribution in [0.15, 0.2) is 22.8 Å². The van der Waals surface area contributed by atoms with Crippen LogP contribution in [0.4, 0.5) is 0 Å². The van der Waals surface area contributed by atoms with E-state index in [1.54, 1.807) is 6.26 Å². The lowest BCUT2D eigenvalue weighted by Gasteiger charge is -2.30. The van der Waals surface area contributed by atoms with Gasteiger partial charge in [-0.3, -0.25) is 4.90 Å².